The maximum atomic E-state index is 6.21. The minimum Gasteiger partial charge on any atom is -0.480 e. The third kappa shape index (κ3) is 3.00. The van der Waals surface area contributed by atoms with Gasteiger partial charge < -0.3 is 10.1 Å². The van der Waals surface area contributed by atoms with Crippen LogP contribution in [0.15, 0.2) is 30.7 Å². The van der Waals surface area contributed by atoms with Crippen LogP contribution in [-0.4, -0.2) is 28.6 Å². The van der Waals surface area contributed by atoms with Gasteiger partial charge in [-0.25, -0.2) is 4.98 Å². The molecule has 0 amide bonds. The normalized spacial score (nSPS) is 12.2. The Kier molecular flexibility index (Phi) is 4.65. The molecule has 6 heteroatoms. The number of halogens is 1. The van der Waals surface area contributed by atoms with Crippen LogP contribution >= 0.6 is 11.6 Å². The van der Waals surface area contributed by atoms with Crippen LogP contribution in [0.5, 0.6) is 5.88 Å². The van der Waals surface area contributed by atoms with Crippen molar-refractivity contribution in [3.63, 3.8) is 0 Å². The Labute approximate surface area is 117 Å². The highest BCUT2D eigenvalue weighted by Crippen LogP contribution is 2.29. The molecule has 0 aromatic carbocycles. The highest BCUT2D eigenvalue weighted by atomic mass is 35.5. The quantitative estimate of drug-likeness (QED) is 0.909. The molecule has 0 spiro atoms. The van der Waals surface area contributed by atoms with Gasteiger partial charge in [-0.3, -0.25) is 9.97 Å². The summed E-state index contributed by atoms with van der Waals surface area (Å²) in [5.74, 6) is 0.468. The van der Waals surface area contributed by atoms with E-state index < -0.39 is 0 Å². The summed E-state index contributed by atoms with van der Waals surface area (Å²) < 4.78 is 5.25. The molecule has 2 heterocycles. The first-order valence-corrected chi connectivity index (χ1v) is 6.34. The smallest absolute Gasteiger partial charge is 0.237 e. The van der Waals surface area contributed by atoms with Gasteiger partial charge in [0.25, 0.3) is 0 Å². The topological polar surface area (TPSA) is 59.9 Å². The lowest BCUT2D eigenvalue weighted by molar-refractivity contribution is 0.382. The van der Waals surface area contributed by atoms with Crippen LogP contribution in [0.1, 0.15) is 24.4 Å². The van der Waals surface area contributed by atoms with Gasteiger partial charge in [0.1, 0.15) is 5.69 Å². The lowest BCUT2D eigenvalue weighted by Crippen LogP contribution is -2.25. The molecule has 0 radical (unpaired) electrons. The molecule has 5 nitrogen and oxygen atoms in total. The first kappa shape index (κ1) is 13.7. The van der Waals surface area contributed by atoms with Crippen LogP contribution in [0.2, 0.25) is 5.02 Å². The van der Waals surface area contributed by atoms with Crippen molar-refractivity contribution in [2.45, 2.75) is 13.0 Å². The number of pyridine rings is 1. The van der Waals surface area contributed by atoms with Crippen LogP contribution in [-0.2, 0) is 0 Å². The molecular formula is C13H15ClN4O. The molecule has 0 saturated heterocycles. The van der Waals surface area contributed by atoms with Gasteiger partial charge in [-0.1, -0.05) is 18.5 Å². The van der Waals surface area contributed by atoms with Crippen molar-refractivity contribution < 1.29 is 4.74 Å². The molecule has 0 saturated carbocycles. The van der Waals surface area contributed by atoms with E-state index in [0.717, 1.165) is 6.54 Å². The average molecular weight is 279 g/mol. The van der Waals surface area contributed by atoms with E-state index in [0.29, 0.717) is 22.3 Å². The van der Waals surface area contributed by atoms with Gasteiger partial charge in [-0.2, -0.15) is 0 Å². The zero-order valence-electron chi connectivity index (χ0n) is 10.8. The molecule has 1 N–H and O–H groups in total. The van der Waals surface area contributed by atoms with E-state index in [1.54, 1.807) is 37.8 Å². The van der Waals surface area contributed by atoms with Crippen LogP contribution in [0.3, 0.4) is 0 Å². The Morgan fingerprint density at radius 1 is 1.21 bits per heavy atom. The first-order chi connectivity index (χ1) is 9.27. The second kappa shape index (κ2) is 6.45. The highest BCUT2D eigenvalue weighted by Gasteiger charge is 2.23. The van der Waals surface area contributed by atoms with E-state index in [9.17, 15) is 0 Å². The predicted molar refractivity (Wildman–Crippen MR) is 73.4 cm³/mol. The monoisotopic (exact) mass is 278 g/mol. The van der Waals surface area contributed by atoms with Gasteiger partial charge in [0.2, 0.25) is 5.88 Å². The van der Waals surface area contributed by atoms with Gasteiger partial charge >= 0.3 is 0 Å². The van der Waals surface area contributed by atoms with Crippen molar-refractivity contribution in [3.8, 4) is 5.88 Å². The summed E-state index contributed by atoms with van der Waals surface area (Å²) in [5, 5.41) is 3.89. The van der Waals surface area contributed by atoms with E-state index in [2.05, 4.69) is 20.3 Å². The number of hydrogen-bond acceptors (Lipinski definition) is 5. The van der Waals surface area contributed by atoms with Gasteiger partial charge in [-0.05, 0) is 18.7 Å². The second-order valence-corrected chi connectivity index (χ2v) is 4.22. The van der Waals surface area contributed by atoms with E-state index >= 15 is 0 Å². The number of nitrogens with one attached hydrogen (secondary N) is 1. The Hall–Kier alpha value is -1.72. The lowest BCUT2D eigenvalue weighted by atomic mass is 10.1. The average Bonchev–Trinajstić information content (AvgIpc) is 2.46. The van der Waals surface area contributed by atoms with E-state index in [1.807, 2.05) is 6.92 Å². The third-order valence-electron chi connectivity index (χ3n) is 2.63. The van der Waals surface area contributed by atoms with Gasteiger partial charge in [0.05, 0.1) is 23.9 Å². The summed E-state index contributed by atoms with van der Waals surface area (Å²) in [7, 11) is 1.57. The zero-order valence-corrected chi connectivity index (χ0v) is 11.6. The summed E-state index contributed by atoms with van der Waals surface area (Å²) in [4.78, 5) is 12.8. The van der Waals surface area contributed by atoms with Gasteiger partial charge in [-0.15, -0.1) is 0 Å². The molecule has 1 atom stereocenters. The molecule has 0 aliphatic rings. The first-order valence-electron chi connectivity index (χ1n) is 5.96. The van der Waals surface area contributed by atoms with E-state index in [1.165, 1.54) is 0 Å². The fraction of sp³-hybridized carbons (Fsp3) is 0.308. The maximum absolute atomic E-state index is 6.21. The minimum absolute atomic E-state index is 0.248. The molecule has 0 fully saturated rings. The Morgan fingerprint density at radius 2 is 1.95 bits per heavy atom. The Bertz CT molecular complexity index is 550. The van der Waals surface area contributed by atoms with Crippen LogP contribution in [0, 0.1) is 0 Å². The molecule has 0 bridgehead atoms. The molecule has 0 aliphatic heterocycles. The SMILES string of the molecule is CCNC(c1ncccc1Cl)c1nccnc1OC. The van der Waals surface area contributed by atoms with Crippen molar-refractivity contribution in [1.29, 1.82) is 0 Å². The zero-order chi connectivity index (χ0) is 13.7. The molecular weight excluding hydrogens is 264 g/mol. The fourth-order valence-electron chi connectivity index (χ4n) is 1.83. The molecule has 1 unspecified atom stereocenters. The number of rotatable bonds is 5. The van der Waals surface area contributed by atoms with Gasteiger partial charge in [0.15, 0.2) is 0 Å². The van der Waals surface area contributed by atoms with Crippen molar-refractivity contribution in [2.75, 3.05) is 13.7 Å². The standard InChI is InChI=1S/C13H15ClN4O/c1-3-15-11(10-9(14)5-4-6-16-10)12-13(19-2)18-8-7-17-12/h4-8,11,15H,3H2,1-2H3. The summed E-state index contributed by atoms with van der Waals surface area (Å²) in [5.41, 5.74) is 1.39. The highest BCUT2D eigenvalue weighted by molar-refractivity contribution is 6.31. The molecule has 0 aliphatic carbocycles. The van der Waals surface area contributed by atoms with Crippen molar-refractivity contribution in [3.05, 3.63) is 47.1 Å². The van der Waals surface area contributed by atoms with Crippen LogP contribution in [0.25, 0.3) is 0 Å². The van der Waals surface area contributed by atoms with Crippen molar-refractivity contribution in [2.24, 2.45) is 0 Å². The second-order valence-electron chi connectivity index (χ2n) is 3.81. The predicted octanol–water partition coefficient (Wildman–Crippen LogP) is 2.23. The molecule has 19 heavy (non-hydrogen) atoms. The Balaban J connectivity index is 2.49. The minimum atomic E-state index is -0.248. The summed E-state index contributed by atoms with van der Waals surface area (Å²) in [6, 6.07) is 3.35. The van der Waals surface area contributed by atoms with Crippen molar-refractivity contribution >= 4 is 11.6 Å². The number of hydrogen-bond donors (Lipinski definition) is 1. The molecule has 2 aromatic rings. The lowest BCUT2D eigenvalue weighted by Gasteiger charge is -2.19. The molecule has 100 valence electrons. The maximum Gasteiger partial charge on any atom is 0.237 e. The summed E-state index contributed by atoms with van der Waals surface area (Å²) in [6.07, 6.45) is 4.92. The van der Waals surface area contributed by atoms with Crippen molar-refractivity contribution in [1.82, 2.24) is 20.3 Å². The van der Waals surface area contributed by atoms with Gasteiger partial charge in [0, 0.05) is 18.6 Å². The molecule has 2 aromatic heterocycles. The summed E-state index contributed by atoms with van der Waals surface area (Å²) in [6.45, 7) is 2.75. The van der Waals surface area contributed by atoms with Crippen LogP contribution < -0.4 is 10.1 Å². The number of methoxy groups -OCH3 is 1. The fourth-order valence-corrected chi connectivity index (χ4v) is 2.06. The number of nitrogens with zero attached hydrogens (tertiary/aromatic N) is 3. The third-order valence-corrected chi connectivity index (χ3v) is 2.95. The Morgan fingerprint density at radius 3 is 2.63 bits per heavy atom. The number of aromatic nitrogens is 3. The number of ether oxygens (including phenoxy) is 1. The van der Waals surface area contributed by atoms with Crippen LogP contribution in [0.4, 0.5) is 0 Å². The van der Waals surface area contributed by atoms with E-state index in [-0.39, 0.29) is 6.04 Å². The summed E-state index contributed by atoms with van der Waals surface area (Å²) >= 11 is 6.21. The molecule has 2 rings (SSSR count). The largest absolute Gasteiger partial charge is 0.480 e. The van der Waals surface area contributed by atoms with E-state index in [4.69, 9.17) is 16.3 Å².